The minimum absolute atomic E-state index is 0.0715. The number of halogens is 1. The quantitative estimate of drug-likeness (QED) is 0.564. The summed E-state index contributed by atoms with van der Waals surface area (Å²) in [5, 5.41) is 8.63. The summed E-state index contributed by atoms with van der Waals surface area (Å²) in [6.45, 7) is 3.73. The van der Waals surface area contributed by atoms with Gasteiger partial charge in [-0.3, -0.25) is 9.59 Å². The van der Waals surface area contributed by atoms with Gasteiger partial charge in [-0.2, -0.15) is 0 Å². The van der Waals surface area contributed by atoms with Gasteiger partial charge in [0.25, 0.3) is 0 Å². The monoisotopic (exact) mass is 465 g/mol. The van der Waals surface area contributed by atoms with E-state index < -0.39 is 5.97 Å². The number of likely N-dealkylation sites (N-methyl/N-ethyl adjacent to an activating group) is 1. The zero-order chi connectivity index (χ0) is 21.6. The molecular formula is C22H28BrNO5. The Labute approximate surface area is 180 Å². The molecule has 0 saturated heterocycles. The van der Waals surface area contributed by atoms with E-state index in [-0.39, 0.29) is 12.4 Å². The Morgan fingerprint density at radius 2 is 1.55 bits per heavy atom. The van der Waals surface area contributed by atoms with Crippen molar-refractivity contribution in [1.82, 2.24) is 0 Å². The minimum atomic E-state index is -0.805. The lowest BCUT2D eigenvalue weighted by Crippen LogP contribution is -2.21. The molecule has 0 aliphatic rings. The third-order valence-corrected chi connectivity index (χ3v) is 4.46. The molecule has 0 fully saturated rings. The highest BCUT2D eigenvalue weighted by atomic mass is 79.9. The molecule has 0 bridgehead atoms. The number of hydrogen-bond donors (Lipinski definition) is 1. The van der Waals surface area contributed by atoms with Gasteiger partial charge in [0.05, 0.1) is 26.1 Å². The second kappa shape index (κ2) is 13.7. The highest BCUT2D eigenvalue weighted by molar-refractivity contribution is 9.10. The van der Waals surface area contributed by atoms with Crippen LogP contribution < -0.4 is 4.90 Å². The number of benzene rings is 2. The van der Waals surface area contributed by atoms with Crippen LogP contribution >= 0.6 is 15.9 Å². The number of carbonyl (C=O) groups is 2. The molecule has 0 amide bonds. The molecule has 0 spiro atoms. The van der Waals surface area contributed by atoms with Crippen molar-refractivity contribution in [1.29, 1.82) is 0 Å². The van der Waals surface area contributed by atoms with Crippen molar-refractivity contribution in [3.63, 3.8) is 0 Å². The fourth-order valence-corrected chi connectivity index (χ4v) is 2.65. The summed E-state index contributed by atoms with van der Waals surface area (Å²) >= 11 is 3.33. The number of methoxy groups -OCH3 is 1. The third-order valence-electron chi connectivity index (χ3n) is 3.93. The fourth-order valence-electron chi connectivity index (χ4n) is 2.38. The van der Waals surface area contributed by atoms with Crippen molar-refractivity contribution in [2.75, 3.05) is 38.8 Å². The fraction of sp³-hybridized carbons (Fsp3) is 0.364. The van der Waals surface area contributed by atoms with Crippen LogP contribution in [0.4, 0.5) is 5.69 Å². The van der Waals surface area contributed by atoms with Crippen molar-refractivity contribution >= 4 is 33.6 Å². The van der Waals surface area contributed by atoms with Crippen molar-refractivity contribution in [3.05, 3.63) is 64.1 Å². The molecule has 0 aromatic heterocycles. The molecule has 0 unspecified atom stereocenters. The Kier molecular flexibility index (Phi) is 11.7. The molecule has 158 valence electrons. The van der Waals surface area contributed by atoms with Crippen LogP contribution in [-0.4, -0.2) is 51.0 Å². The summed E-state index contributed by atoms with van der Waals surface area (Å²) in [5.74, 6) is -0.981. The van der Waals surface area contributed by atoms with E-state index in [4.69, 9.17) is 14.6 Å². The maximum Gasteiger partial charge on any atom is 0.310 e. The second-order valence-electron chi connectivity index (χ2n) is 6.26. The molecule has 29 heavy (non-hydrogen) atoms. The number of carbonyl (C=O) groups excluding carboxylic acids is 1. The number of carboxylic acid groups (broad SMARTS) is 1. The first-order valence-corrected chi connectivity index (χ1v) is 10.1. The van der Waals surface area contributed by atoms with Gasteiger partial charge >= 0.3 is 11.9 Å². The van der Waals surface area contributed by atoms with Gasteiger partial charge in [-0.1, -0.05) is 40.2 Å². The Morgan fingerprint density at radius 1 is 1.00 bits per heavy atom. The number of aliphatic carboxylic acids is 1. The lowest BCUT2D eigenvalue weighted by Gasteiger charge is -2.18. The molecule has 6 nitrogen and oxygen atoms in total. The number of ether oxygens (including phenoxy) is 2. The largest absolute Gasteiger partial charge is 0.481 e. The number of anilines is 1. The summed E-state index contributed by atoms with van der Waals surface area (Å²) in [5.41, 5.74) is 2.85. The van der Waals surface area contributed by atoms with Crippen LogP contribution in [0, 0.1) is 0 Å². The number of hydrogen-bond acceptors (Lipinski definition) is 5. The molecule has 0 atom stereocenters. The van der Waals surface area contributed by atoms with E-state index in [0.717, 1.165) is 27.8 Å². The Balaban J connectivity index is 0.000000296. The predicted molar refractivity (Wildman–Crippen MR) is 117 cm³/mol. The highest BCUT2D eigenvalue weighted by Gasteiger charge is 2.03. The van der Waals surface area contributed by atoms with E-state index in [1.165, 1.54) is 0 Å². The first-order valence-electron chi connectivity index (χ1n) is 9.26. The van der Waals surface area contributed by atoms with E-state index >= 15 is 0 Å². The van der Waals surface area contributed by atoms with Crippen LogP contribution in [0.3, 0.4) is 0 Å². The van der Waals surface area contributed by atoms with E-state index in [2.05, 4.69) is 20.8 Å². The lowest BCUT2D eigenvalue weighted by molar-refractivity contribution is -0.142. The molecule has 0 heterocycles. The standard InChI is InChI=1S/C12H17NO3.C10H11BrO2/c1-13(7-8-16-2)11-5-3-10(4-6-11)9-12(14)15;1-2-13-10(12)7-8-3-5-9(11)6-4-8/h3-6H,7-9H2,1-2H3,(H,14,15);3-6H,2,7H2,1H3. The van der Waals surface area contributed by atoms with Gasteiger partial charge in [-0.05, 0) is 42.3 Å². The molecule has 7 heteroatoms. The van der Waals surface area contributed by atoms with E-state index in [9.17, 15) is 9.59 Å². The molecule has 2 rings (SSSR count). The Morgan fingerprint density at radius 3 is 2.07 bits per heavy atom. The summed E-state index contributed by atoms with van der Waals surface area (Å²) in [4.78, 5) is 23.6. The number of nitrogens with zero attached hydrogens (tertiary/aromatic N) is 1. The topological polar surface area (TPSA) is 76.1 Å². The van der Waals surface area contributed by atoms with Crippen LogP contribution in [0.1, 0.15) is 18.1 Å². The first kappa shape index (κ1) is 24.7. The van der Waals surface area contributed by atoms with Crippen molar-refractivity contribution in [2.24, 2.45) is 0 Å². The molecule has 2 aromatic rings. The number of rotatable bonds is 9. The van der Waals surface area contributed by atoms with Gasteiger partial charge < -0.3 is 19.5 Å². The van der Waals surface area contributed by atoms with Crippen LogP contribution in [0.2, 0.25) is 0 Å². The molecular weight excluding hydrogens is 438 g/mol. The van der Waals surface area contributed by atoms with Crippen LogP contribution in [0.15, 0.2) is 53.0 Å². The summed E-state index contributed by atoms with van der Waals surface area (Å²) < 4.78 is 10.8. The molecule has 0 radical (unpaired) electrons. The molecule has 0 saturated carbocycles. The predicted octanol–water partition coefficient (Wildman–Crippen LogP) is 3.95. The van der Waals surface area contributed by atoms with Gasteiger partial charge in [0.2, 0.25) is 0 Å². The zero-order valence-electron chi connectivity index (χ0n) is 17.1. The maximum absolute atomic E-state index is 11.1. The van der Waals surface area contributed by atoms with Gasteiger partial charge in [0, 0.05) is 30.9 Å². The smallest absolute Gasteiger partial charge is 0.310 e. The number of esters is 1. The normalized spacial score (nSPS) is 9.93. The van der Waals surface area contributed by atoms with Gasteiger partial charge in [0.1, 0.15) is 0 Å². The van der Waals surface area contributed by atoms with Crippen molar-refractivity contribution in [3.8, 4) is 0 Å². The van der Waals surface area contributed by atoms with Gasteiger partial charge in [-0.25, -0.2) is 0 Å². The summed E-state index contributed by atoms with van der Waals surface area (Å²) in [6.07, 6.45) is 0.420. The van der Waals surface area contributed by atoms with Crippen LogP contribution in [-0.2, 0) is 31.9 Å². The van der Waals surface area contributed by atoms with Gasteiger partial charge in [-0.15, -0.1) is 0 Å². The van der Waals surface area contributed by atoms with E-state index in [1.54, 1.807) is 14.0 Å². The molecule has 2 aromatic carbocycles. The SMILES string of the molecule is CCOC(=O)Cc1ccc(Br)cc1.COCCN(C)c1ccc(CC(=O)O)cc1. The second-order valence-corrected chi connectivity index (χ2v) is 7.18. The zero-order valence-corrected chi connectivity index (χ0v) is 18.6. The Hall–Kier alpha value is -2.38. The van der Waals surface area contributed by atoms with Gasteiger partial charge in [0.15, 0.2) is 0 Å². The molecule has 0 aliphatic carbocycles. The van der Waals surface area contributed by atoms with Crippen molar-refractivity contribution < 1.29 is 24.2 Å². The lowest BCUT2D eigenvalue weighted by atomic mass is 10.1. The summed E-state index contributed by atoms with van der Waals surface area (Å²) in [7, 11) is 3.65. The average molecular weight is 466 g/mol. The minimum Gasteiger partial charge on any atom is -0.481 e. The number of carboxylic acids is 1. The van der Waals surface area contributed by atoms with Crippen LogP contribution in [0.5, 0.6) is 0 Å². The van der Waals surface area contributed by atoms with E-state index in [0.29, 0.717) is 19.6 Å². The summed E-state index contributed by atoms with van der Waals surface area (Å²) in [6, 6.07) is 15.2. The maximum atomic E-state index is 11.1. The highest BCUT2D eigenvalue weighted by Crippen LogP contribution is 2.14. The molecule has 1 N–H and O–H groups in total. The third kappa shape index (κ3) is 10.7. The van der Waals surface area contributed by atoms with Crippen LogP contribution in [0.25, 0.3) is 0 Å². The average Bonchev–Trinajstić information content (AvgIpc) is 2.69. The first-order chi connectivity index (χ1) is 13.8. The van der Waals surface area contributed by atoms with Crippen molar-refractivity contribution in [2.45, 2.75) is 19.8 Å². The Bertz CT molecular complexity index is 747. The molecule has 0 aliphatic heterocycles. The van der Waals surface area contributed by atoms with E-state index in [1.807, 2.05) is 55.6 Å².